The Morgan fingerprint density at radius 3 is 2.75 bits per heavy atom. The molecule has 2 N–H and O–H groups in total. The number of carbonyl (C=O) groups excluding carboxylic acids is 1. The number of carbonyl (C=O) groups is 2. The standard InChI is InChI=1S/C12H13BrFNO5/c1-19-5-9(12(17)18)15-11(16)6-20-10-3-2-7(14)4-8(10)13/h2-4,9H,5-6H2,1H3,(H,15,16)(H,17,18). The first-order valence-electron chi connectivity index (χ1n) is 5.53. The highest BCUT2D eigenvalue weighted by Gasteiger charge is 2.19. The number of ether oxygens (including phenoxy) is 2. The van der Waals surface area contributed by atoms with Gasteiger partial charge in [-0.1, -0.05) is 0 Å². The number of rotatable bonds is 7. The van der Waals surface area contributed by atoms with Crippen LogP contribution in [-0.2, 0) is 14.3 Å². The SMILES string of the molecule is COCC(NC(=O)COc1ccc(F)cc1Br)C(=O)O. The molecule has 1 rings (SSSR count). The summed E-state index contributed by atoms with van der Waals surface area (Å²) in [6.07, 6.45) is 0. The van der Waals surface area contributed by atoms with E-state index in [0.717, 1.165) is 0 Å². The lowest BCUT2D eigenvalue weighted by Gasteiger charge is -2.14. The monoisotopic (exact) mass is 349 g/mol. The number of halogens is 2. The van der Waals surface area contributed by atoms with Crippen LogP contribution in [0.3, 0.4) is 0 Å². The third kappa shape index (κ3) is 5.14. The van der Waals surface area contributed by atoms with E-state index in [0.29, 0.717) is 4.47 Å². The van der Waals surface area contributed by atoms with Crippen LogP contribution in [0, 0.1) is 5.82 Å². The van der Waals surface area contributed by atoms with Crippen LogP contribution in [0.4, 0.5) is 4.39 Å². The molecule has 20 heavy (non-hydrogen) atoms. The molecule has 0 aliphatic rings. The van der Waals surface area contributed by atoms with Gasteiger partial charge in [-0.15, -0.1) is 0 Å². The maximum absolute atomic E-state index is 12.8. The van der Waals surface area contributed by atoms with Crippen molar-refractivity contribution in [2.24, 2.45) is 0 Å². The number of carboxylic acids is 1. The van der Waals surface area contributed by atoms with Crippen LogP contribution in [0.2, 0.25) is 0 Å². The Morgan fingerprint density at radius 2 is 2.20 bits per heavy atom. The second kappa shape index (κ2) is 7.81. The molecule has 0 radical (unpaired) electrons. The molecule has 1 unspecified atom stereocenters. The van der Waals surface area contributed by atoms with E-state index in [1.807, 2.05) is 0 Å². The van der Waals surface area contributed by atoms with Crippen molar-refractivity contribution in [3.63, 3.8) is 0 Å². The molecule has 1 aromatic carbocycles. The average Bonchev–Trinajstić information content (AvgIpc) is 2.37. The molecule has 0 aromatic heterocycles. The Labute approximate surface area is 123 Å². The summed E-state index contributed by atoms with van der Waals surface area (Å²) < 4.78 is 23.0. The predicted molar refractivity (Wildman–Crippen MR) is 71.0 cm³/mol. The lowest BCUT2D eigenvalue weighted by atomic mass is 10.3. The van der Waals surface area contributed by atoms with Gasteiger partial charge < -0.3 is 19.9 Å². The Hall–Kier alpha value is -1.67. The Kier molecular flexibility index (Phi) is 6.40. The highest BCUT2D eigenvalue weighted by molar-refractivity contribution is 9.10. The van der Waals surface area contributed by atoms with Gasteiger partial charge in [0, 0.05) is 7.11 Å². The summed E-state index contributed by atoms with van der Waals surface area (Å²) in [6, 6.07) is 2.59. The zero-order chi connectivity index (χ0) is 15.1. The van der Waals surface area contributed by atoms with Crippen LogP contribution in [0.5, 0.6) is 5.75 Å². The van der Waals surface area contributed by atoms with Crippen molar-refractivity contribution in [3.8, 4) is 5.75 Å². The Morgan fingerprint density at radius 1 is 1.50 bits per heavy atom. The van der Waals surface area contributed by atoms with E-state index >= 15 is 0 Å². The van der Waals surface area contributed by atoms with Crippen LogP contribution >= 0.6 is 15.9 Å². The molecule has 1 aromatic rings. The molecule has 0 spiro atoms. The minimum Gasteiger partial charge on any atom is -0.483 e. The number of aliphatic carboxylic acids is 1. The summed E-state index contributed by atoms with van der Waals surface area (Å²) in [6.45, 7) is -0.543. The van der Waals surface area contributed by atoms with E-state index in [2.05, 4.69) is 26.0 Å². The normalized spacial score (nSPS) is 11.8. The summed E-state index contributed by atoms with van der Waals surface area (Å²) in [7, 11) is 1.33. The first-order chi connectivity index (χ1) is 9.43. The van der Waals surface area contributed by atoms with Gasteiger partial charge in [-0.3, -0.25) is 4.79 Å². The van der Waals surface area contributed by atoms with Crippen molar-refractivity contribution >= 4 is 27.8 Å². The quantitative estimate of drug-likeness (QED) is 0.772. The predicted octanol–water partition coefficient (Wildman–Crippen LogP) is 1.18. The van der Waals surface area contributed by atoms with Crippen LogP contribution < -0.4 is 10.1 Å². The van der Waals surface area contributed by atoms with Crippen LogP contribution in [0.25, 0.3) is 0 Å². The molecule has 0 saturated carbocycles. The third-order valence-corrected chi connectivity index (χ3v) is 2.84. The van der Waals surface area contributed by atoms with Gasteiger partial charge in [0.2, 0.25) is 0 Å². The minimum atomic E-state index is -1.21. The van der Waals surface area contributed by atoms with Crippen LogP contribution in [-0.4, -0.2) is 43.3 Å². The number of methoxy groups -OCH3 is 1. The van der Waals surface area contributed by atoms with Crippen molar-refractivity contribution < 1.29 is 28.6 Å². The van der Waals surface area contributed by atoms with Gasteiger partial charge in [-0.25, -0.2) is 9.18 Å². The minimum absolute atomic E-state index is 0.151. The zero-order valence-electron chi connectivity index (χ0n) is 10.6. The summed E-state index contributed by atoms with van der Waals surface area (Å²) in [5.74, 6) is -1.99. The van der Waals surface area contributed by atoms with Crippen molar-refractivity contribution in [2.75, 3.05) is 20.3 Å². The molecule has 0 saturated heterocycles. The zero-order valence-corrected chi connectivity index (χ0v) is 12.1. The Balaban J connectivity index is 2.52. The smallest absolute Gasteiger partial charge is 0.328 e. The molecule has 110 valence electrons. The molecule has 8 heteroatoms. The molecule has 1 amide bonds. The lowest BCUT2D eigenvalue weighted by molar-refractivity contribution is -0.143. The van der Waals surface area contributed by atoms with Crippen LogP contribution in [0.15, 0.2) is 22.7 Å². The summed E-state index contributed by atoms with van der Waals surface area (Å²) >= 11 is 3.09. The molecule has 0 bridgehead atoms. The molecule has 0 aliphatic carbocycles. The largest absolute Gasteiger partial charge is 0.483 e. The second-order valence-corrected chi connectivity index (χ2v) is 4.63. The number of hydrogen-bond acceptors (Lipinski definition) is 4. The maximum atomic E-state index is 12.8. The van der Waals surface area contributed by atoms with E-state index in [9.17, 15) is 14.0 Å². The first kappa shape index (κ1) is 16.4. The molecule has 6 nitrogen and oxygen atoms in total. The molecule has 0 aliphatic heterocycles. The number of carboxylic acid groups (broad SMARTS) is 1. The molecule has 0 fully saturated rings. The number of hydrogen-bond donors (Lipinski definition) is 2. The van der Waals surface area contributed by atoms with E-state index in [1.54, 1.807) is 0 Å². The fraction of sp³-hybridized carbons (Fsp3) is 0.333. The lowest BCUT2D eigenvalue weighted by Crippen LogP contribution is -2.45. The van der Waals surface area contributed by atoms with E-state index < -0.39 is 30.3 Å². The second-order valence-electron chi connectivity index (χ2n) is 3.78. The highest BCUT2D eigenvalue weighted by atomic mass is 79.9. The van der Waals surface area contributed by atoms with Gasteiger partial charge in [0.1, 0.15) is 11.6 Å². The van der Waals surface area contributed by atoms with Crippen molar-refractivity contribution in [1.82, 2.24) is 5.32 Å². The number of nitrogens with one attached hydrogen (secondary N) is 1. The highest BCUT2D eigenvalue weighted by Crippen LogP contribution is 2.25. The van der Waals surface area contributed by atoms with Gasteiger partial charge in [0.15, 0.2) is 12.6 Å². The van der Waals surface area contributed by atoms with Gasteiger partial charge in [0.05, 0.1) is 11.1 Å². The summed E-state index contributed by atoms with van der Waals surface area (Å²) in [5.41, 5.74) is 0. The van der Waals surface area contributed by atoms with Crippen molar-refractivity contribution in [3.05, 3.63) is 28.5 Å². The third-order valence-electron chi connectivity index (χ3n) is 2.22. The van der Waals surface area contributed by atoms with Gasteiger partial charge in [-0.2, -0.15) is 0 Å². The Bertz CT molecular complexity index is 497. The maximum Gasteiger partial charge on any atom is 0.328 e. The fourth-order valence-electron chi connectivity index (χ4n) is 1.31. The molecular weight excluding hydrogens is 337 g/mol. The average molecular weight is 350 g/mol. The fourth-order valence-corrected chi connectivity index (χ4v) is 1.78. The van der Waals surface area contributed by atoms with E-state index in [4.69, 9.17) is 9.84 Å². The summed E-state index contributed by atoms with van der Waals surface area (Å²) in [4.78, 5) is 22.3. The summed E-state index contributed by atoms with van der Waals surface area (Å²) in [5, 5.41) is 11.1. The molecule has 0 heterocycles. The van der Waals surface area contributed by atoms with Crippen molar-refractivity contribution in [1.29, 1.82) is 0 Å². The van der Waals surface area contributed by atoms with Gasteiger partial charge >= 0.3 is 5.97 Å². The molecular formula is C12H13BrFNO5. The topological polar surface area (TPSA) is 84.9 Å². The number of amides is 1. The first-order valence-corrected chi connectivity index (χ1v) is 6.32. The van der Waals surface area contributed by atoms with E-state index in [-0.39, 0.29) is 12.4 Å². The van der Waals surface area contributed by atoms with Gasteiger partial charge in [0.25, 0.3) is 5.91 Å². The molecule has 1 atom stereocenters. The van der Waals surface area contributed by atoms with Crippen molar-refractivity contribution in [2.45, 2.75) is 6.04 Å². The van der Waals surface area contributed by atoms with E-state index in [1.165, 1.54) is 25.3 Å². The van der Waals surface area contributed by atoms with Gasteiger partial charge in [-0.05, 0) is 34.1 Å². The number of benzene rings is 1. The van der Waals surface area contributed by atoms with Crippen LogP contribution in [0.1, 0.15) is 0 Å².